The van der Waals surface area contributed by atoms with Crippen LogP contribution in [0.3, 0.4) is 0 Å². The lowest BCUT2D eigenvalue weighted by Crippen LogP contribution is -2.10. The van der Waals surface area contributed by atoms with E-state index < -0.39 is 0 Å². The molecule has 1 aromatic rings. The van der Waals surface area contributed by atoms with Gasteiger partial charge in [-0.25, -0.2) is 4.98 Å². The summed E-state index contributed by atoms with van der Waals surface area (Å²) in [5.74, 6) is 0.569. The molecule has 0 aromatic carbocycles. The van der Waals surface area contributed by atoms with Gasteiger partial charge in [0.15, 0.2) is 5.82 Å². The standard InChI is InChI=1S/C4H5N3S/c5-3(8)4-6-1-2-7-4/h1-2H,(H2,5,8)(H,6,7). The molecule has 0 amide bonds. The number of nitrogens with two attached hydrogens (primary N) is 1. The fraction of sp³-hybridized carbons (Fsp3) is 0. The van der Waals surface area contributed by atoms with Crippen molar-refractivity contribution < 1.29 is 0 Å². The van der Waals surface area contributed by atoms with Gasteiger partial charge in [0.1, 0.15) is 4.99 Å². The van der Waals surface area contributed by atoms with Crippen LogP contribution in [0, 0.1) is 0 Å². The van der Waals surface area contributed by atoms with Crippen LogP contribution in [-0.4, -0.2) is 15.0 Å². The monoisotopic (exact) mass is 127 g/mol. The number of nitrogens with one attached hydrogen (secondary N) is 1. The van der Waals surface area contributed by atoms with Gasteiger partial charge in [-0.2, -0.15) is 0 Å². The average molecular weight is 127 g/mol. The van der Waals surface area contributed by atoms with Crippen molar-refractivity contribution in [2.24, 2.45) is 5.73 Å². The molecule has 3 nitrogen and oxygen atoms in total. The van der Waals surface area contributed by atoms with Gasteiger partial charge < -0.3 is 10.7 Å². The highest BCUT2D eigenvalue weighted by molar-refractivity contribution is 7.80. The Morgan fingerprint density at radius 1 is 1.88 bits per heavy atom. The van der Waals surface area contributed by atoms with Gasteiger partial charge in [-0.05, 0) is 0 Å². The Balaban J connectivity index is 2.93. The summed E-state index contributed by atoms with van der Waals surface area (Å²) in [5.41, 5.74) is 5.20. The zero-order chi connectivity index (χ0) is 5.98. The molecule has 0 bridgehead atoms. The molecule has 0 spiro atoms. The van der Waals surface area contributed by atoms with Crippen LogP contribution in [-0.2, 0) is 0 Å². The molecule has 8 heavy (non-hydrogen) atoms. The highest BCUT2D eigenvalue weighted by atomic mass is 32.1. The van der Waals surface area contributed by atoms with Crippen LogP contribution < -0.4 is 5.73 Å². The molecule has 1 aromatic heterocycles. The van der Waals surface area contributed by atoms with Gasteiger partial charge in [0, 0.05) is 12.4 Å². The van der Waals surface area contributed by atoms with Crippen molar-refractivity contribution in [1.29, 1.82) is 0 Å². The third-order valence-corrected chi connectivity index (χ3v) is 0.925. The van der Waals surface area contributed by atoms with E-state index in [9.17, 15) is 0 Å². The summed E-state index contributed by atoms with van der Waals surface area (Å²) in [7, 11) is 0. The largest absolute Gasteiger partial charge is 0.387 e. The molecule has 3 N–H and O–H groups in total. The summed E-state index contributed by atoms with van der Waals surface area (Å²) < 4.78 is 0. The number of aromatic nitrogens is 2. The number of rotatable bonds is 1. The molecule has 0 radical (unpaired) electrons. The molecule has 0 saturated heterocycles. The second-order valence-corrected chi connectivity index (χ2v) is 1.74. The Morgan fingerprint density at radius 2 is 2.62 bits per heavy atom. The second-order valence-electron chi connectivity index (χ2n) is 1.30. The maximum Gasteiger partial charge on any atom is 0.164 e. The number of hydrogen-bond acceptors (Lipinski definition) is 2. The summed E-state index contributed by atoms with van der Waals surface area (Å²) in [5, 5.41) is 0. The van der Waals surface area contributed by atoms with Crippen LogP contribution in [0.5, 0.6) is 0 Å². The summed E-state index contributed by atoms with van der Waals surface area (Å²) in [4.78, 5) is 6.85. The van der Waals surface area contributed by atoms with Crippen molar-refractivity contribution in [3.63, 3.8) is 0 Å². The average Bonchev–Trinajstić information content (AvgIpc) is 2.12. The van der Waals surface area contributed by atoms with Crippen molar-refractivity contribution in [1.82, 2.24) is 9.97 Å². The zero-order valence-electron chi connectivity index (χ0n) is 4.09. The topological polar surface area (TPSA) is 54.7 Å². The Labute approximate surface area is 51.9 Å². The van der Waals surface area contributed by atoms with Crippen molar-refractivity contribution in [3.05, 3.63) is 18.2 Å². The number of H-pyrrole nitrogens is 1. The molecule has 1 heterocycles. The molecule has 0 unspecified atom stereocenters. The maximum atomic E-state index is 5.20. The minimum atomic E-state index is 0.301. The van der Waals surface area contributed by atoms with Gasteiger partial charge >= 0.3 is 0 Å². The van der Waals surface area contributed by atoms with Gasteiger partial charge in [0.05, 0.1) is 0 Å². The first-order valence-electron chi connectivity index (χ1n) is 2.10. The Morgan fingerprint density at radius 3 is 2.88 bits per heavy atom. The van der Waals surface area contributed by atoms with Gasteiger partial charge in [-0.1, -0.05) is 12.2 Å². The summed E-state index contributed by atoms with van der Waals surface area (Å²) in [6, 6.07) is 0. The van der Waals surface area contributed by atoms with E-state index >= 15 is 0 Å². The van der Waals surface area contributed by atoms with Gasteiger partial charge in [-0.15, -0.1) is 0 Å². The van der Waals surface area contributed by atoms with Gasteiger partial charge in [0.25, 0.3) is 0 Å². The van der Waals surface area contributed by atoms with E-state index in [1.165, 1.54) is 0 Å². The highest BCUT2D eigenvalue weighted by Gasteiger charge is 1.92. The van der Waals surface area contributed by atoms with E-state index in [1.54, 1.807) is 12.4 Å². The minimum absolute atomic E-state index is 0.301. The SMILES string of the molecule is NC(=S)c1ncc[nH]1. The first kappa shape index (κ1) is 5.24. The number of nitrogens with zero attached hydrogens (tertiary/aromatic N) is 1. The zero-order valence-corrected chi connectivity index (χ0v) is 4.90. The van der Waals surface area contributed by atoms with E-state index in [0.29, 0.717) is 10.8 Å². The van der Waals surface area contributed by atoms with Crippen molar-refractivity contribution in [3.8, 4) is 0 Å². The van der Waals surface area contributed by atoms with Crippen molar-refractivity contribution >= 4 is 17.2 Å². The van der Waals surface area contributed by atoms with E-state index in [2.05, 4.69) is 22.2 Å². The minimum Gasteiger partial charge on any atom is -0.387 e. The lowest BCUT2D eigenvalue weighted by Gasteiger charge is -1.84. The van der Waals surface area contributed by atoms with Crippen molar-refractivity contribution in [2.75, 3.05) is 0 Å². The van der Waals surface area contributed by atoms with Crippen LogP contribution in [0.2, 0.25) is 0 Å². The predicted octanol–water partition coefficient (Wildman–Crippen LogP) is 0.0439. The van der Waals surface area contributed by atoms with Crippen LogP contribution in [0.4, 0.5) is 0 Å². The lowest BCUT2D eigenvalue weighted by molar-refractivity contribution is 1.26. The first-order chi connectivity index (χ1) is 3.80. The smallest absolute Gasteiger partial charge is 0.164 e. The third kappa shape index (κ3) is 0.840. The van der Waals surface area contributed by atoms with Crippen LogP contribution >= 0.6 is 12.2 Å². The van der Waals surface area contributed by atoms with Gasteiger partial charge in [0.2, 0.25) is 0 Å². The summed E-state index contributed by atoms with van der Waals surface area (Å²) in [6.07, 6.45) is 3.28. The van der Waals surface area contributed by atoms with E-state index in [4.69, 9.17) is 5.73 Å². The lowest BCUT2D eigenvalue weighted by atomic mass is 10.6. The third-order valence-electron chi connectivity index (χ3n) is 0.732. The Kier molecular flexibility index (Phi) is 1.26. The molecule has 0 atom stereocenters. The van der Waals surface area contributed by atoms with E-state index in [1.807, 2.05) is 0 Å². The second kappa shape index (κ2) is 1.92. The quantitative estimate of drug-likeness (QED) is 0.524. The van der Waals surface area contributed by atoms with Gasteiger partial charge in [-0.3, -0.25) is 0 Å². The first-order valence-corrected chi connectivity index (χ1v) is 2.50. The highest BCUT2D eigenvalue weighted by Crippen LogP contribution is 1.84. The molecule has 0 aliphatic rings. The van der Waals surface area contributed by atoms with Crippen LogP contribution in [0.25, 0.3) is 0 Å². The molecule has 42 valence electrons. The molecular weight excluding hydrogens is 122 g/mol. The molecule has 0 aliphatic heterocycles. The normalized spacial score (nSPS) is 9.00. The van der Waals surface area contributed by atoms with E-state index in [0.717, 1.165) is 0 Å². The number of aromatic amines is 1. The molecule has 0 aliphatic carbocycles. The Bertz CT molecular complexity index is 179. The van der Waals surface area contributed by atoms with Crippen LogP contribution in [0.1, 0.15) is 5.82 Å². The van der Waals surface area contributed by atoms with Crippen LogP contribution in [0.15, 0.2) is 12.4 Å². The molecule has 1 rings (SSSR count). The van der Waals surface area contributed by atoms with E-state index in [-0.39, 0.29) is 0 Å². The molecule has 0 saturated carbocycles. The molecule has 4 heteroatoms. The molecule has 0 fully saturated rings. The fourth-order valence-electron chi connectivity index (χ4n) is 0.400. The number of thiocarbonyl (C=S) groups is 1. The Hall–Kier alpha value is -0.900. The molecular formula is C4H5N3S. The predicted molar refractivity (Wildman–Crippen MR) is 34.5 cm³/mol. The summed E-state index contributed by atoms with van der Waals surface area (Å²) in [6.45, 7) is 0. The number of hydrogen-bond donors (Lipinski definition) is 2. The van der Waals surface area contributed by atoms with Crippen molar-refractivity contribution in [2.45, 2.75) is 0 Å². The number of imidazole rings is 1. The summed E-state index contributed by atoms with van der Waals surface area (Å²) >= 11 is 4.60. The fourth-order valence-corrected chi connectivity index (χ4v) is 0.512. The maximum absolute atomic E-state index is 5.20.